The topological polar surface area (TPSA) is 45.2 Å². The third-order valence-electron chi connectivity index (χ3n) is 5.07. The number of thiazole rings is 1. The van der Waals surface area contributed by atoms with Crippen molar-refractivity contribution in [3.63, 3.8) is 0 Å². The third kappa shape index (κ3) is 2.24. The Morgan fingerprint density at radius 2 is 2.19 bits per heavy atom. The van der Waals surface area contributed by atoms with Crippen LogP contribution in [0.25, 0.3) is 10.2 Å². The van der Waals surface area contributed by atoms with Crippen LogP contribution in [0.2, 0.25) is 0 Å². The van der Waals surface area contributed by atoms with Gasteiger partial charge in [-0.3, -0.25) is 9.69 Å². The molecule has 1 amide bonds. The fourth-order valence-corrected chi connectivity index (χ4v) is 4.49. The maximum Gasteiger partial charge on any atom is 0.251 e. The lowest BCUT2D eigenvalue weighted by Gasteiger charge is -2.49. The lowest BCUT2D eigenvalue weighted by Crippen LogP contribution is -2.62. The maximum atomic E-state index is 12.6. The van der Waals surface area contributed by atoms with Gasteiger partial charge in [-0.05, 0) is 57.0 Å². The quantitative estimate of drug-likeness (QED) is 0.927. The molecule has 5 rings (SSSR count). The first-order valence-corrected chi connectivity index (χ1v) is 8.48. The van der Waals surface area contributed by atoms with Crippen molar-refractivity contribution < 1.29 is 4.79 Å². The van der Waals surface area contributed by atoms with Crippen LogP contribution in [0.4, 0.5) is 0 Å². The van der Waals surface area contributed by atoms with Gasteiger partial charge in [0.25, 0.3) is 5.91 Å². The predicted molar refractivity (Wildman–Crippen MR) is 84.6 cm³/mol. The summed E-state index contributed by atoms with van der Waals surface area (Å²) in [6.07, 6.45) is 2.42. The van der Waals surface area contributed by atoms with Gasteiger partial charge in [0.2, 0.25) is 0 Å². The molecule has 2 bridgehead atoms. The fraction of sp³-hybridized carbons (Fsp3) is 0.500. The number of carbonyl (C=O) groups excluding carboxylic acids is 1. The Morgan fingerprint density at radius 1 is 1.38 bits per heavy atom. The number of hydrogen-bond acceptors (Lipinski definition) is 4. The van der Waals surface area contributed by atoms with Gasteiger partial charge in [0.05, 0.1) is 15.7 Å². The Labute approximate surface area is 128 Å². The van der Waals surface area contributed by atoms with Crippen molar-refractivity contribution >= 4 is 27.5 Å². The highest BCUT2D eigenvalue weighted by molar-refractivity contribution is 7.16. The van der Waals surface area contributed by atoms with Crippen LogP contribution in [0.1, 0.15) is 30.1 Å². The largest absolute Gasteiger partial charge is 0.347 e. The zero-order valence-corrected chi connectivity index (χ0v) is 12.9. The molecule has 110 valence electrons. The van der Waals surface area contributed by atoms with Crippen LogP contribution in [0.5, 0.6) is 0 Å². The Kier molecular flexibility index (Phi) is 3.19. The van der Waals surface area contributed by atoms with E-state index in [2.05, 4.69) is 22.1 Å². The first-order chi connectivity index (χ1) is 10.2. The van der Waals surface area contributed by atoms with Crippen LogP contribution in [-0.2, 0) is 0 Å². The van der Waals surface area contributed by atoms with Crippen molar-refractivity contribution in [2.24, 2.45) is 5.92 Å². The first-order valence-electron chi connectivity index (χ1n) is 7.60. The van der Waals surface area contributed by atoms with E-state index in [1.54, 1.807) is 11.3 Å². The molecule has 3 fully saturated rings. The summed E-state index contributed by atoms with van der Waals surface area (Å²) in [5.41, 5.74) is 3.53. The van der Waals surface area contributed by atoms with Crippen LogP contribution < -0.4 is 5.32 Å². The zero-order chi connectivity index (χ0) is 14.4. The van der Waals surface area contributed by atoms with E-state index in [0.29, 0.717) is 12.0 Å². The van der Waals surface area contributed by atoms with Crippen molar-refractivity contribution in [1.29, 1.82) is 0 Å². The van der Waals surface area contributed by atoms with Crippen LogP contribution in [-0.4, -0.2) is 41.0 Å². The highest BCUT2D eigenvalue weighted by Gasteiger charge is 2.40. The summed E-state index contributed by atoms with van der Waals surface area (Å²) in [7, 11) is 0. The molecule has 4 heterocycles. The second-order valence-corrected chi connectivity index (χ2v) is 7.03. The molecule has 21 heavy (non-hydrogen) atoms. The lowest BCUT2D eigenvalue weighted by molar-refractivity contribution is 0.0217. The summed E-state index contributed by atoms with van der Waals surface area (Å²) in [6, 6.07) is 6.50. The normalized spacial score (nSPS) is 31.5. The highest BCUT2D eigenvalue weighted by Crippen LogP contribution is 2.32. The molecule has 2 atom stereocenters. The van der Waals surface area contributed by atoms with Crippen LogP contribution >= 0.6 is 11.3 Å². The Balaban J connectivity index is 1.54. The summed E-state index contributed by atoms with van der Waals surface area (Å²) in [5, 5.41) is 3.28. The van der Waals surface area contributed by atoms with Crippen molar-refractivity contribution in [1.82, 2.24) is 15.2 Å². The van der Waals surface area contributed by atoms with E-state index >= 15 is 0 Å². The Morgan fingerprint density at radius 3 is 2.95 bits per heavy atom. The highest BCUT2D eigenvalue weighted by atomic mass is 32.1. The van der Waals surface area contributed by atoms with Gasteiger partial charge in [-0.25, -0.2) is 4.98 Å². The second-order valence-electron chi connectivity index (χ2n) is 6.15. The second kappa shape index (κ2) is 5.07. The number of fused-ring (bicyclic) bond motifs is 4. The maximum absolute atomic E-state index is 12.6. The lowest BCUT2D eigenvalue weighted by atomic mass is 9.79. The summed E-state index contributed by atoms with van der Waals surface area (Å²) in [4.78, 5) is 19.3. The molecule has 0 saturated carbocycles. The molecule has 3 aliphatic rings. The molecule has 1 aromatic carbocycles. The molecular formula is C16H19N3OS. The molecule has 3 aliphatic heterocycles. The van der Waals surface area contributed by atoms with E-state index in [-0.39, 0.29) is 11.9 Å². The van der Waals surface area contributed by atoms with Crippen molar-refractivity contribution in [3.8, 4) is 0 Å². The number of hydrogen-bond donors (Lipinski definition) is 1. The van der Waals surface area contributed by atoms with Gasteiger partial charge < -0.3 is 5.32 Å². The molecule has 1 aromatic heterocycles. The monoisotopic (exact) mass is 301 g/mol. The SMILES string of the molecule is C[C@@H]1[C@H](NC(=O)c2ccc3ncsc3c2)C2CCN1CC2. The minimum Gasteiger partial charge on any atom is -0.347 e. The van der Waals surface area contributed by atoms with E-state index in [4.69, 9.17) is 0 Å². The molecule has 5 heteroatoms. The average molecular weight is 301 g/mol. The fourth-order valence-electron chi connectivity index (χ4n) is 3.78. The minimum atomic E-state index is 0.0518. The van der Waals surface area contributed by atoms with Gasteiger partial charge in [-0.2, -0.15) is 0 Å². The van der Waals surface area contributed by atoms with Crippen LogP contribution in [0.3, 0.4) is 0 Å². The van der Waals surface area contributed by atoms with E-state index in [0.717, 1.165) is 15.8 Å². The molecule has 4 nitrogen and oxygen atoms in total. The molecular weight excluding hydrogens is 282 g/mol. The number of aromatic nitrogens is 1. The summed E-state index contributed by atoms with van der Waals surface area (Å²) in [6.45, 7) is 4.61. The minimum absolute atomic E-state index is 0.0518. The van der Waals surface area contributed by atoms with E-state index in [1.165, 1.54) is 25.9 Å². The van der Waals surface area contributed by atoms with E-state index in [1.807, 2.05) is 23.7 Å². The van der Waals surface area contributed by atoms with Crippen molar-refractivity contribution in [3.05, 3.63) is 29.3 Å². The van der Waals surface area contributed by atoms with Crippen LogP contribution in [0, 0.1) is 5.92 Å². The zero-order valence-electron chi connectivity index (χ0n) is 12.1. The third-order valence-corrected chi connectivity index (χ3v) is 5.86. The molecule has 1 N–H and O–H groups in total. The Bertz CT molecular complexity index is 673. The van der Waals surface area contributed by atoms with Gasteiger partial charge in [-0.1, -0.05) is 0 Å². The average Bonchev–Trinajstić information content (AvgIpc) is 2.98. The summed E-state index contributed by atoms with van der Waals surface area (Å²) >= 11 is 1.58. The molecule has 2 aromatic rings. The Hall–Kier alpha value is -1.46. The predicted octanol–water partition coefficient (Wildman–Crippen LogP) is 2.51. The molecule has 3 saturated heterocycles. The molecule has 0 unspecified atom stereocenters. The van der Waals surface area contributed by atoms with E-state index < -0.39 is 0 Å². The molecule has 0 aliphatic carbocycles. The van der Waals surface area contributed by atoms with E-state index in [9.17, 15) is 4.79 Å². The van der Waals surface area contributed by atoms with Gasteiger partial charge >= 0.3 is 0 Å². The number of nitrogens with one attached hydrogen (secondary N) is 1. The smallest absolute Gasteiger partial charge is 0.251 e. The number of benzene rings is 1. The van der Waals surface area contributed by atoms with Gasteiger partial charge in [0.15, 0.2) is 0 Å². The number of nitrogens with zero attached hydrogens (tertiary/aromatic N) is 2. The number of piperidine rings is 3. The van der Waals surface area contributed by atoms with Gasteiger partial charge in [0.1, 0.15) is 0 Å². The first kappa shape index (κ1) is 13.2. The number of carbonyl (C=O) groups is 1. The van der Waals surface area contributed by atoms with Crippen molar-refractivity contribution in [2.75, 3.05) is 13.1 Å². The van der Waals surface area contributed by atoms with Gasteiger partial charge in [0, 0.05) is 17.6 Å². The number of rotatable bonds is 2. The summed E-state index contributed by atoms with van der Waals surface area (Å²) in [5.74, 6) is 0.692. The molecule has 0 spiro atoms. The standard InChI is InChI=1S/C16H19N3OS/c1-10-15(11-4-6-19(10)7-5-11)18-16(20)12-2-3-13-14(8-12)21-9-17-13/h2-3,8-11,15H,4-7H2,1H3,(H,18,20)/t10-,15+/m1/s1. The van der Waals surface area contributed by atoms with Gasteiger partial charge in [-0.15, -0.1) is 11.3 Å². The van der Waals surface area contributed by atoms with Crippen LogP contribution in [0.15, 0.2) is 23.7 Å². The molecule has 0 radical (unpaired) electrons. The summed E-state index contributed by atoms with van der Waals surface area (Å²) < 4.78 is 1.07. The number of amides is 1. The van der Waals surface area contributed by atoms with Crippen molar-refractivity contribution in [2.45, 2.75) is 31.8 Å².